The number of hydrogen-bond donors (Lipinski definition) is 1. The normalized spacial score (nSPS) is 18.8. The first-order valence-corrected chi connectivity index (χ1v) is 9.21. The van der Waals surface area contributed by atoms with Crippen molar-refractivity contribution in [2.24, 2.45) is 0 Å². The molecule has 134 valence electrons. The largest absolute Gasteiger partial charge is 0.358 e. The molecule has 27 heavy (non-hydrogen) atoms. The van der Waals surface area contributed by atoms with Gasteiger partial charge in [-0.3, -0.25) is 0 Å². The molecule has 4 rings (SSSR count). The predicted molar refractivity (Wildman–Crippen MR) is 111 cm³/mol. The molecule has 0 radical (unpaired) electrons. The lowest BCUT2D eigenvalue weighted by atomic mass is 9.85. The molecule has 0 spiro atoms. The first kappa shape index (κ1) is 17.3. The second-order valence-electron chi connectivity index (χ2n) is 6.94. The highest BCUT2D eigenvalue weighted by Crippen LogP contribution is 2.39. The van der Waals surface area contributed by atoms with Gasteiger partial charge in [-0.2, -0.15) is 0 Å². The zero-order valence-corrected chi connectivity index (χ0v) is 15.3. The van der Waals surface area contributed by atoms with Gasteiger partial charge in [0, 0.05) is 23.4 Å². The van der Waals surface area contributed by atoms with Crippen molar-refractivity contribution in [3.8, 4) is 11.1 Å². The minimum atomic E-state index is -1.50. The molecule has 1 atom stereocenters. The number of rotatable bonds is 4. The number of halogens is 1. The first-order valence-electron chi connectivity index (χ1n) is 9.21. The summed E-state index contributed by atoms with van der Waals surface area (Å²) in [7, 11) is 0. The Morgan fingerprint density at radius 3 is 2.37 bits per heavy atom. The maximum absolute atomic E-state index is 15.8. The zero-order valence-electron chi connectivity index (χ0n) is 15.3. The molecular formula is C25H22FN. The third-order valence-corrected chi connectivity index (χ3v) is 5.01. The average molecular weight is 355 g/mol. The number of hydrogen-bond acceptors (Lipinski definition) is 1. The lowest BCUT2D eigenvalue weighted by Crippen LogP contribution is -2.23. The number of benzene rings is 3. The van der Waals surface area contributed by atoms with Crippen LogP contribution in [0.3, 0.4) is 0 Å². The van der Waals surface area contributed by atoms with Gasteiger partial charge in [0.15, 0.2) is 5.67 Å². The fourth-order valence-corrected chi connectivity index (χ4v) is 3.66. The molecule has 0 bridgehead atoms. The van der Waals surface area contributed by atoms with Crippen LogP contribution in [-0.2, 0) is 5.67 Å². The van der Waals surface area contributed by atoms with Crippen molar-refractivity contribution in [3.05, 3.63) is 114 Å². The molecule has 1 unspecified atom stereocenters. The van der Waals surface area contributed by atoms with E-state index in [-0.39, 0.29) is 6.42 Å². The quantitative estimate of drug-likeness (QED) is 0.544. The number of aryl methyl sites for hydroxylation is 1. The van der Waals surface area contributed by atoms with Crippen LogP contribution in [0, 0.1) is 6.92 Å². The molecular weight excluding hydrogens is 333 g/mol. The van der Waals surface area contributed by atoms with Crippen molar-refractivity contribution in [3.63, 3.8) is 0 Å². The van der Waals surface area contributed by atoms with Gasteiger partial charge in [-0.05, 0) is 41.8 Å². The third kappa shape index (κ3) is 3.56. The molecule has 1 aliphatic carbocycles. The van der Waals surface area contributed by atoms with Crippen LogP contribution in [0.15, 0.2) is 103 Å². The standard InChI is InChI=1S/C25H22FN/c1-19-10-5-7-15-23(19)25(26)17-9-13-21(18-25)27-24-16-8-6-14-22(24)20-11-3-2-4-12-20/h2-17,27H,18H2,1H3. The Hall–Kier alpha value is -3.13. The van der Waals surface area contributed by atoms with Gasteiger partial charge in [0.2, 0.25) is 0 Å². The maximum Gasteiger partial charge on any atom is 0.160 e. The van der Waals surface area contributed by atoms with Gasteiger partial charge in [0.1, 0.15) is 0 Å². The molecule has 0 saturated heterocycles. The SMILES string of the molecule is Cc1ccccc1C1(F)C=CC=C(Nc2ccccc2-c2ccccc2)C1. The fraction of sp³-hybridized carbons (Fsp3) is 0.120. The van der Waals surface area contributed by atoms with E-state index >= 15 is 4.39 Å². The van der Waals surface area contributed by atoms with E-state index in [0.717, 1.165) is 33.6 Å². The van der Waals surface area contributed by atoms with E-state index in [2.05, 4.69) is 23.5 Å². The van der Waals surface area contributed by atoms with Gasteiger partial charge >= 0.3 is 0 Å². The Morgan fingerprint density at radius 2 is 1.56 bits per heavy atom. The highest BCUT2D eigenvalue weighted by atomic mass is 19.1. The summed E-state index contributed by atoms with van der Waals surface area (Å²) >= 11 is 0. The summed E-state index contributed by atoms with van der Waals surface area (Å²) in [6, 6.07) is 26.1. The molecule has 0 aliphatic heterocycles. The van der Waals surface area contributed by atoms with E-state index in [4.69, 9.17) is 0 Å². The monoisotopic (exact) mass is 355 g/mol. The van der Waals surface area contributed by atoms with Crippen LogP contribution in [0.25, 0.3) is 11.1 Å². The summed E-state index contributed by atoms with van der Waals surface area (Å²) in [6.07, 6.45) is 5.71. The van der Waals surface area contributed by atoms with Gasteiger partial charge in [0.25, 0.3) is 0 Å². The summed E-state index contributed by atoms with van der Waals surface area (Å²) in [5.74, 6) is 0. The van der Waals surface area contributed by atoms with Gasteiger partial charge < -0.3 is 5.32 Å². The second-order valence-corrected chi connectivity index (χ2v) is 6.94. The van der Waals surface area contributed by atoms with Gasteiger partial charge in [0.05, 0.1) is 0 Å². The van der Waals surface area contributed by atoms with Crippen LogP contribution in [0.2, 0.25) is 0 Å². The highest BCUT2D eigenvalue weighted by Gasteiger charge is 2.33. The van der Waals surface area contributed by atoms with Crippen LogP contribution >= 0.6 is 0 Å². The van der Waals surface area contributed by atoms with E-state index < -0.39 is 5.67 Å². The molecule has 0 saturated carbocycles. The minimum Gasteiger partial charge on any atom is -0.358 e. The third-order valence-electron chi connectivity index (χ3n) is 5.01. The predicted octanol–water partition coefficient (Wildman–Crippen LogP) is 6.78. The van der Waals surface area contributed by atoms with Crippen LogP contribution in [-0.4, -0.2) is 0 Å². The molecule has 0 aromatic heterocycles. The highest BCUT2D eigenvalue weighted by molar-refractivity contribution is 5.79. The van der Waals surface area contributed by atoms with Gasteiger partial charge in [-0.15, -0.1) is 0 Å². The maximum atomic E-state index is 15.8. The smallest absolute Gasteiger partial charge is 0.160 e. The van der Waals surface area contributed by atoms with Crippen LogP contribution in [0.4, 0.5) is 10.1 Å². The van der Waals surface area contributed by atoms with Gasteiger partial charge in [-0.25, -0.2) is 4.39 Å². The first-order chi connectivity index (χ1) is 13.2. The van der Waals surface area contributed by atoms with E-state index in [1.807, 2.05) is 79.7 Å². The number of para-hydroxylation sites is 1. The molecule has 2 heteroatoms. The second kappa shape index (κ2) is 7.24. The molecule has 1 aliphatic rings. The van der Waals surface area contributed by atoms with E-state index in [9.17, 15) is 0 Å². The summed E-state index contributed by atoms with van der Waals surface area (Å²) in [5, 5.41) is 3.46. The molecule has 0 fully saturated rings. The van der Waals surface area contributed by atoms with Crippen LogP contribution in [0.5, 0.6) is 0 Å². The fourth-order valence-electron chi connectivity index (χ4n) is 3.66. The molecule has 1 nitrogen and oxygen atoms in total. The number of anilines is 1. The van der Waals surface area contributed by atoms with Crippen molar-refractivity contribution >= 4 is 5.69 Å². The van der Waals surface area contributed by atoms with Crippen molar-refractivity contribution in [1.29, 1.82) is 0 Å². The van der Waals surface area contributed by atoms with Crippen molar-refractivity contribution in [1.82, 2.24) is 0 Å². The number of allylic oxidation sites excluding steroid dienone is 4. The molecule has 3 aromatic rings. The lowest BCUT2D eigenvalue weighted by Gasteiger charge is -2.28. The summed E-state index contributed by atoms with van der Waals surface area (Å²) < 4.78 is 15.8. The van der Waals surface area contributed by atoms with Crippen molar-refractivity contribution < 1.29 is 4.39 Å². The zero-order chi connectivity index (χ0) is 18.7. The molecule has 1 N–H and O–H groups in total. The molecule has 0 heterocycles. The Bertz CT molecular complexity index is 1000. The Balaban J connectivity index is 1.63. The Labute approximate surface area is 159 Å². The van der Waals surface area contributed by atoms with Crippen molar-refractivity contribution in [2.75, 3.05) is 5.32 Å². The summed E-state index contributed by atoms with van der Waals surface area (Å²) in [5.41, 5.74) is 4.29. The van der Waals surface area contributed by atoms with Crippen LogP contribution < -0.4 is 5.32 Å². The van der Waals surface area contributed by atoms with E-state index in [1.165, 1.54) is 0 Å². The van der Waals surface area contributed by atoms with E-state index in [1.54, 1.807) is 6.08 Å². The van der Waals surface area contributed by atoms with Gasteiger partial charge in [-0.1, -0.05) is 78.9 Å². The Kier molecular flexibility index (Phi) is 4.64. The van der Waals surface area contributed by atoms with Crippen molar-refractivity contribution in [2.45, 2.75) is 19.0 Å². The molecule has 3 aromatic carbocycles. The average Bonchev–Trinajstić information content (AvgIpc) is 2.69. The summed E-state index contributed by atoms with van der Waals surface area (Å²) in [6.45, 7) is 1.96. The topological polar surface area (TPSA) is 12.0 Å². The number of nitrogens with one attached hydrogen (secondary N) is 1. The lowest BCUT2D eigenvalue weighted by molar-refractivity contribution is 0.230. The molecule has 0 amide bonds. The Morgan fingerprint density at radius 1 is 0.852 bits per heavy atom. The van der Waals surface area contributed by atoms with Crippen LogP contribution in [0.1, 0.15) is 17.5 Å². The minimum absolute atomic E-state index is 0.289. The summed E-state index contributed by atoms with van der Waals surface area (Å²) in [4.78, 5) is 0. The number of alkyl halides is 1. The van der Waals surface area contributed by atoms with E-state index in [0.29, 0.717) is 0 Å².